The van der Waals surface area contributed by atoms with E-state index in [0.29, 0.717) is 6.54 Å². The van der Waals surface area contributed by atoms with E-state index in [-0.39, 0.29) is 11.9 Å². The molecule has 0 aliphatic carbocycles. The van der Waals surface area contributed by atoms with E-state index >= 15 is 0 Å². The first-order valence-corrected chi connectivity index (χ1v) is 6.08. The van der Waals surface area contributed by atoms with Crippen molar-refractivity contribution in [3.63, 3.8) is 0 Å². The van der Waals surface area contributed by atoms with Crippen LogP contribution < -0.4 is 4.90 Å². The fourth-order valence-electron chi connectivity index (χ4n) is 2.30. The average Bonchev–Trinajstić information content (AvgIpc) is 2.38. The van der Waals surface area contributed by atoms with Crippen molar-refractivity contribution in [1.82, 2.24) is 4.98 Å². The molecule has 0 radical (unpaired) electrons. The number of hydrogen-bond donors (Lipinski definition) is 0. The highest BCUT2D eigenvalue weighted by atomic mass is 16.5. The first-order valence-electron chi connectivity index (χ1n) is 6.08. The zero-order chi connectivity index (χ0) is 13.1. The number of methoxy groups -OCH3 is 1. The third-order valence-corrected chi connectivity index (χ3v) is 3.26. The summed E-state index contributed by atoms with van der Waals surface area (Å²) in [5, 5.41) is 0. The number of ether oxygens (including phenoxy) is 1. The van der Waals surface area contributed by atoms with Crippen molar-refractivity contribution in [1.29, 1.82) is 0 Å². The van der Waals surface area contributed by atoms with Gasteiger partial charge in [-0.25, -0.2) is 9.78 Å². The summed E-state index contributed by atoms with van der Waals surface area (Å²) in [6, 6.07) is 3.98. The van der Waals surface area contributed by atoms with E-state index in [9.17, 15) is 4.79 Å². The number of carbonyl (C=O) groups excluding carboxylic acids is 1. The van der Waals surface area contributed by atoms with Gasteiger partial charge in [0.25, 0.3) is 0 Å². The molecule has 1 aromatic heterocycles. The fraction of sp³-hybridized carbons (Fsp3) is 0.429. The maximum Gasteiger partial charge on any atom is 0.333 e. The van der Waals surface area contributed by atoms with E-state index in [1.165, 1.54) is 7.11 Å². The molecule has 18 heavy (non-hydrogen) atoms. The molecule has 0 N–H and O–H groups in total. The van der Waals surface area contributed by atoms with Crippen LogP contribution in [-0.4, -0.2) is 31.2 Å². The minimum absolute atomic E-state index is 0.160. The molecular formula is C14H18N2O2. The number of hydrogen-bond acceptors (Lipinski definition) is 4. The van der Waals surface area contributed by atoms with E-state index in [4.69, 9.17) is 4.74 Å². The van der Waals surface area contributed by atoms with Crippen LogP contribution in [0.4, 0.5) is 5.82 Å². The molecule has 1 aliphatic rings. The first-order chi connectivity index (χ1) is 8.63. The smallest absolute Gasteiger partial charge is 0.333 e. The lowest BCUT2D eigenvalue weighted by Crippen LogP contribution is -2.36. The van der Waals surface area contributed by atoms with Crippen LogP contribution in [0, 0.1) is 12.8 Å². The molecule has 0 bridgehead atoms. The molecule has 1 atom stereocenters. The van der Waals surface area contributed by atoms with Gasteiger partial charge in [0.05, 0.1) is 7.11 Å². The average molecular weight is 246 g/mol. The normalized spacial score (nSPS) is 19.4. The number of carbonyl (C=O) groups is 1. The van der Waals surface area contributed by atoms with Gasteiger partial charge in [-0.1, -0.05) is 19.1 Å². The maximum atomic E-state index is 11.6. The Bertz CT molecular complexity index is 482. The van der Waals surface area contributed by atoms with Gasteiger partial charge in [-0.3, -0.25) is 0 Å². The number of anilines is 1. The van der Waals surface area contributed by atoms with Crippen LogP contribution in [0.25, 0.3) is 0 Å². The Morgan fingerprint density at radius 2 is 2.33 bits per heavy atom. The van der Waals surface area contributed by atoms with E-state index in [2.05, 4.69) is 9.88 Å². The molecule has 0 saturated heterocycles. The monoisotopic (exact) mass is 246 g/mol. The quantitative estimate of drug-likeness (QED) is 0.748. The van der Waals surface area contributed by atoms with Crippen molar-refractivity contribution in [3.8, 4) is 0 Å². The third kappa shape index (κ3) is 2.37. The van der Waals surface area contributed by atoms with Crippen molar-refractivity contribution in [2.45, 2.75) is 13.8 Å². The molecule has 2 heterocycles. The van der Waals surface area contributed by atoms with Crippen molar-refractivity contribution in [2.24, 2.45) is 5.92 Å². The predicted octanol–water partition coefficient (Wildman–Crippen LogP) is 1.95. The Balaban J connectivity index is 2.20. The molecule has 0 spiro atoms. The molecule has 1 aliphatic heterocycles. The minimum atomic E-state index is -0.222. The lowest BCUT2D eigenvalue weighted by atomic mass is 9.96. The van der Waals surface area contributed by atoms with Crippen LogP contribution in [0.1, 0.15) is 12.5 Å². The molecule has 96 valence electrons. The van der Waals surface area contributed by atoms with E-state index in [1.807, 2.05) is 32.1 Å². The number of aromatic nitrogens is 1. The number of esters is 1. The summed E-state index contributed by atoms with van der Waals surface area (Å²) in [7, 11) is 1.42. The zero-order valence-corrected chi connectivity index (χ0v) is 11.0. The Morgan fingerprint density at radius 1 is 1.56 bits per heavy atom. The van der Waals surface area contributed by atoms with Crippen LogP contribution in [-0.2, 0) is 9.53 Å². The predicted molar refractivity (Wildman–Crippen MR) is 70.5 cm³/mol. The Hall–Kier alpha value is -1.84. The second-order valence-electron chi connectivity index (χ2n) is 4.60. The largest absolute Gasteiger partial charge is 0.466 e. The second-order valence-corrected chi connectivity index (χ2v) is 4.60. The standard InChI is InChI=1S/C14H18N2O2/c1-10-5-4-7-15-13(10)16-8-6-12(11(2)9-16)14(17)18-3/h4-7,11H,8-9H2,1-3H3. The summed E-state index contributed by atoms with van der Waals surface area (Å²) >= 11 is 0. The highest BCUT2D eigenvalue weighted by Gasteiger charge is 2.25. The Morgan fingerprint density at radius 3 is 2.94 bits per heavy atom. The molecule has 2 rings (SSSR count). The minimum Gasteiger partial charge on any atom is -0.466 e. The van der Waals surface area contributed by atoms with Gasteiger partial charge in [0.15, 0.2) is 0 Å². The highest BCUT2D eigenvalue weighted by Crippen LogP contribution is 2.24. The van der Waals surface area contributed by atoms with Crippen LogP contribution in [0.2, 0.25) is 0 Å². The van der Waals surface area contributed by atoms with Gasteiger partial charge in [-0.2, -0.15) is 0 Å². The van der Waals surface area contributed by atoms with E-state index in [0.717, 1.165) is 23.5 Å². The summed E-state index contributed by atoms with van der Waals surface area (Å²) in [5.41, 5.74) is 1.92. The van der Waals surface area contributed by atoms with Gasteiger partial charge in [0.2, 0.25) is 0 Å². The van der Waals surface area contributed by atoms with Crippen LogP contribution in [0.15, 0.2) is 30.0 Å². The molecular weight excluding hydrogens is 228 g/mol. The topological polar surface area (TPSA) is 42.4 Å². The van der Waals surface area contributed by atoms with Gasteiger partial charge in [-0.15, -0.1) is 0 Å². The van der Waals surface area contributed by atoms with Gasteiger partial charge < -0.3 is 9.64 Å². The lowest BCUT2D eigenvalue weighted by Gasteiger charge is -2.31. The summed E-state index contributed by atoms with van der Waals surface area (Å²) in [6.07, 6.45) is 3.74. The first kappa shape index (κ1) is 12.6. The third-order valence-electron chi connectivity index (χ3n) is 3.26. The molecule has 0 aromatic carbocycles. The van der Waals surface area contributed by atoms with E-state index < -0.39 is 0 Å². The molecule has 1 aromatic rings. The van der Waals surface area contributed by atoms with Gasteiger partial charge in [-0.05, 0) is 18.6 Å². The summed E-state index contributed by atoms with van der Waals surface area (Å²) in [5.74, 6) is 0.928. The van der Waals surface area contributed by atoms with Gasteiger partial charge in [0.1, 0.15) is 5.82 Å². The van der Waals surface area contributed by atoms with Crippen molar-refractivity contribution < 1.29 is 9.53 Å². The van der Waals surface area contributed by atoms with Gasteiger partial charge in [0, 0.05) is 30.8 Å². The molecule has 0 amide bonds. The molecule has 0 saturated carbocycles. The summed E-state index contributed by atoms with van der Waals surface area (Å²) < 4.78 is 4.78. The molecule has 4 nitrogen and oxygen atoms in total. The fourth-order valence-corrected chi connectivity index (χ4v) is 2.30. The number of aryl methyl sites for hydroxylation is 1. The maximum absolute atomic E-state index is 11.6. The number of pyridine rings is 1. The second kappa shape index (κ2) is 5.21. The Labute approximate surface area is 107 Å². The van der Waals surface area contributed by atoms with Gasteiger partial charge >= 0.3 is 5.97 Å². The van der Waals surface area contributed by atoms with Crippen LogP contribution in [0.5, 0.6) is 0 Å². The number of nitrogens with zero attached hydrogens (tertiary/aromatic N) is 2. The lowest BCUT2D eigenvalue weighted by molar-refractivity contribution is -0.136. The van der Waals surface area contributed by atoms with Crippen molar-refractivity contribution >= 4 is 11.8 Å². The summed E-state index contributed by atoms with van der Waals surface area (Å²) in [4.78, 5) is 18.2. The van der Waals surface area contributed by atoms with Crippen LogP contribution in [0.3, 0.4) is 0 Å². The zero-order valence-electron chi connectivity index (χ0n) is 11.0. The molecule has 0 fully saturated rings. The Kier molecular flexibility index (Phi) is 3.65. The highest BCUT2D eigenvalue weighted by molar-refractivity contribution is 5.89. The molecule has 4 heteroatoms. The SMILES string of the molecule is COC(=O)C1=CCN(c2ncccc2C)CC1C. The molecule has 1 unspecified atom stereocenters. The van der Waals surface area contributed by atoms with Crippen LogP contribution >= 0.6 is 0 Å². The van der Waals surface area contributed by atoms with Crippen molar-refractivity contribution in [2.75, 3.05) is 25.1 Å². The number of rotatable bonds is 2. The van der Waals surface area contributed by atoms with Crippen molar-refractivity contribution in [3.05, 3.63) is 35.5 Å². The van der Waals surface area contributed by atoms with E-state index in [1.54, 1.807) is 6.20 Å². The summed E-state index contributed by atoms with van der Waals surface area (Å²) in [6.45, 7) is 5.57.